The van der Waals surface area contributed by atoms with E-state index in [1.54, 1.807) is 0 Å². The van der Waals surface area contributed by atoms with E-state index in [4.69, 9.17) is 5.11 Å². The van der Waals surface area contributed by atoms with Gasteiger partial charge in [-0.3, -0.25) is 4.90 Å². The van der Waals surface area contributed by atoms with Crippen LogP contribution < -0.4 is 0 Å². The average molecular weight is 247 g/mol. The summed E-state index contributed by atoms with van der Waals surface area (Å²) in [6.07, 6.45) is 3.93. The first kappa shape index (κ1) is 13.6. The first-order valence-electron chi connectivity index (χ1n) is 7.12. The van der Waals surface area contributed by atoms with Gasteiger partial charge in [0, 0.05) is 13.1 Å². The lowest BCUT2D eigenvalue weighted by atomic mass is 9.82. The third-order valence-corrected chi connectivity index (χ3v) is 4.63. The van der Waals surface area contributed by atoms with Crippen LogP contribution in [0, 0.1) is 5.41 Å². The van der Waals surface area contributed by atoms with Gasteiger partial charge >= 0.3 is 0 Å². The van der Waals surface area contributed by atoms with Crippen molar-refractivity contribution in [3.63, 3.8) is 0 Å². The molecule has 2 nitrogen and oxygen atoms in total. The fourth-order valence-electron chi connectivity index (χ4n) is 3.00. The second kappa shape index (κ2) is 5.85. The molecule has 0 radical (unpaired) electrons. The Labute approximate surface area is 111 Å². The Morgan fingerprint density at radius 3 is 2.22 bits per heavy atom. The van der Waals surface area contributed by atoms with E-state index in [-0.39, 0.29) is 6.61 Å². The zero-order valence-corrected chi connectivity index (χ0v) is 11.7. The maximum absolute atomic E-state index is 9.03. The molecule has 1 aromatic rings. The van der Waals surface area contributed by atoms with E-state index in [0.29, 0.717) is 5.41 Å². The van der Waals surface area contributed by atoms with E-state index < -0.39 is 0 Å². The number of aliphatic hydroxyl groups is 1. The van der Waals surface area contributed by atoms with Crippen molar-refractivity contribution in [1.82, 2.24) is 4.90 Å². The SMILES string of the molecule is CCC1(CC)CCN(Cc2ccc(CO)cc2)C1. The predicted molar refractivity (Wildman–Crippen MR) is 75.3 cm³/mol. The molecule has 0 bridgehead atoms. The summed E-state index contributed by atoms with van der Waals surface area (Å²) < 4.78 is 0. The van der Waals surface area contributed by atoms with Gasteiger partial charge in [-0.15, -0.1) is 0 Å². The highest BCUT2D eigenvalue weighted by atomic mass is 16.3. The van der Waals surface area contributed by atoms with Crippen LogP contribution in [0.15, 0.2) is 24.3 Å². The van der Waals surface area contributed by atoms with Gasteiger partial charge in [-0.2, -0.15) is 0 Å². The fraction of sp³-hybridized carbons (Fsp3) is 0.625. The highest BCUT2D eigenvalue weighted by Gasteiger charge is 2.34. The van der Waals surface area contributed by atoms with Crippen molar-refractivity contribution in [2.24, 2.45) is 5.41 Å². The number of rotatable bonds is 5. The van der Waals surface area contributed by atoms with Gasteiger partial charge in [-0.25, -0.2) is 0 Å². The molecule has 0 spiro atoms. The van der Waals surface area contributed by atoms with Gasteiger partial charge in [-0.1, -0.05) is 38.1 Å². The first-order chi connectivity index (χ1) is 8.71. The zero-order valence-electron chi connectivity index (χ0n) is 11.7. The highest BCUT2D eigenvalue weighted by molar-refractivity contribution is 5.22. The minimum atomic E-state index is 0.138. The molecule has 2 heteroatoms. The molecule has 18 heavy (non-hydrogen) atoms. The molecule has 0 aliphatic carbocycles. The topological polar surface area (TPSA) is 23.5 Å². The Bertz CT molecular complexity index is 367. The maximum atomic E-state index is 9.03. The second-order valence-corrected chi connectivity index (χ2v) is 5.64. The van der Waals surface area contributed by atoms with E-state index in [9.17, 15) is 0 Å². The van der Waals surface area contributed by atoms with Gasteiger partial charge in [0.15, 0.2) is 0 Å². The summed E-state index contributed by atoms with van der Waals surface area (Å²) in [6.45, 7) is 8.30. The summed E-state index contributed by atoms with van der Waals surface area (Å²) >= 11 is 0. The Balaban J connectivity index is 1.94. The van der Waals surface area contributed by atoms with Crippen molar-refractivity contribution in [3.05, 3.63) is 35.4 Å². The van der Waals surface area contributed by atoms with Crippen molar-refractivity contribution in [1.29, 1.82) is 0 Å². The second-order valence-electron chi connectivity index (χ2n) is 5.64. The van der Waals surface area contributed by atoms with Crippen LogP contribution >= 0.6 is 0 Å². The summed E-state index contributed by atoms with van der Waals surface area (Å²) in [6, 6.07) is 8.34. The van der Waals surface area contributed by atoms with Gasteiger partial charge < -0.3 is 5.11 Å². The summed E-state index contributed by atoms with van der Waals surface area (Å²) in [7, 11) is 0. The lowest BCUT2D eigenvalue weighted by Crippen LogP contribution is -2.26. The maximum Gasteiger partial charge on any atom is 0.0681 e. The minimum absolute atomic E-state index is 0.138. The van der Waals surface area contributed by atoms with Gasteiger partial charge in [0.1, 0.15) is 0 Å². The molecule has 0 unspecified atom stereocenters. The van der Waals surface area contributed by atoms with Gasteiger partial charge in [0.25, 0.3) is 0 Å². The number of nitrogens with zero attached hydrogens (tertiary/aromatic N) is 1. The minimum Gasteiger partial charge on any atom is -0.392 e. The van der Waals surface area contributed by atoms with Crippen molar-refractivity contribution in [3.8, 4) is 0 Å². The molecule has 0 atom stereocenters. The van der Waals surface area contributed by atoms with Crippen molar-refractivity contribution in [2.45, 2.75) is 46.3 Å². The van der Waals surface area contributed by atoms with E-state index in [1.165, 1.54) is 37.9 Å². The number of aliphatic hydroxyl groups excluding tert-OH is 1. The fourth-order valence-corrected chi connectivity index (χ4v) is 3.00. The Hall–Kier alpha value is -0.860. The Kier molecular flexibility index (Phi) is 4.41. The van der Waals surface area contributed by atoms with Crippen LogP contribution in [-0.4, -0.2) is 23.1 Å². The molecular weight excluding hydrogens is 222 g/mol. The predicted octanol–water partition coefficient (Wildman–Crippen LogP) is 3.19. The molecule has 0 saturated carbocycles. The van der Waals surface area contributed by atoms with Gasteiger partial charge in [-0.05, 0) is 42.3 Å². The summed E-state index contributed by atoms with van der Waals surface area (Å²) in [4.78, 5) is 2.57. The molecule has 1 fully saturated rings. The lowest BCUT2D eigenvalue weighted by molar-refractivity contribution is 0.236. The zero-order chi connectivity index (χ0) is 13.0. The monoisotopic (exact) mass is 247 g/mol. The van der Waals surface area contributed by atoms with Crippen LogP contribution in [0.4, 0.5) is 0 Å². The third kappa shape index (κ3) is 2.93. The van der Waals surface area contributed by atoms with Crippen LogP contribution in [0.25, 0.3) is 0 Å². The molecule has 1 aromatic carbocycles. The molecule has 1 heterocycles. The quantitative estimate of drug-likeness (QED) is 0.863. The van der Waals surface area contributed by atoms with Crippen LogP contribution in [0.3, 0.4) is 0 Å². The van der Waals surface area contributed by atoms with Crippen LogP contribution in [-0.2, 0) is 13.2 Å². The van der Waals surface area contributed by atoms with Crippen molar-refractivity contribution < 1.29 is 5.11 Å². The molecule has 1 N–H and O–H groups in total. The van der Waals surface area contributed by atoms with E-state index in [1.807, 2.05) is 12.1 Å². The molecular formula is C16H25NO. The summed E-state index contributed by atoms with van der Waals surface area (Å²) in [5.74, 6) is 0. The molecule has 1 aliphatic heterocycles. The largest absolute Gasteiger partial charge is 0.392 e. The van der Waals surface area contributed by atoms with E-state index in [0.717, 1.165) is 12.1 Å². The van der Waals surface area contributed by atoms with Crippen molar-refractivity contribution >= 4 is 0 Å². The van der Waals surface area contributed by atoms with E-state index in [2.05, 4.69) is 30.9 Å². The third-order valence-electron chi connectivity index (χ3n) is 4.63. The Morgan fingerprint density at radius 1 is 1.11 bits per heavy atom. The van der Waals surface area contributed by atoms with Crippen LogP contribution in [0.2, 0.25) is 0 Å². The van der Waals surface area contributed by atoms with Crippen molar-refractivity contribution in [2.75, 3.05) is 13.1 Å². The number of hydrogen-bond acceptors (Lipinski definition) is 2. The molecule has 0 aromatic heterocycles. The van der Waals surface area contributed by atoms with Crippen LogP contribution in [0.1, 0.15) is 44.2 Å². The average Bonchev–Trinajstić information content (AvgIpc) is 2.84. The van der Waals surface area contributed by atoms with Crippen LogP contribution in [0.5, 0.6) is 0 Å². The smallest absolute Gasteiger partial charge is 0.0681 e. The number of hydrogen-bond donors (Lipinski definition) is 1. The van der Waals surface area contributed by atoms with E-state index >= 15 is 0 Å². The normalized spacial score (nSPS) is 19.3. The number of likely N-dealkylation sites (tertiary alicyclic amines) is 1. The molecule has 1 saturated heterocycles. The van der Waals surface area contributed by atoms with Gasteiger partial charge in [0.2, 0.25) is 0 Å². The summed E-state index contributed by atoms with van der Waals surface area (Å²) in [5.41, 5.74) is 2.91. The lowest BCUT2D eigenvalue weighted by Gasteiger charge is -2.26. The Morgan fingerprint density at radius 2 is 1.72 bits per heavy atom. The highest BCUT2D eigenvalue weighted by Crippen LogP contribution is 2.37. The summed E-state index contributed by atoms with van der Waals surface area (Å²) in [5, 5.41) is 9.03. The number of benzene rings is 1. The van der Waals surface area contributed by atoms with Gasteiger partial charge in [0.05, 0.1) is 6.61 Å². The molecule has 2 rings (SSSR count). The molecule has 100 valence electrons. The standard InChI is InChI=1S/C16H25NO/c1-3-16(4-2)9-10-17(13-16)11-14-5-7-15(12-18)8-6-14/h5-8,18H,3-4,9-13H2,1-2H3. The first-order valence-corrected chi connectivity index (χ1v) is 7.12. The molecule has 1 aliphatic rings. The molecule has 0 amide bonds.